The number of anilines is 2. The quantitative estimate of drug-likeness (QED) is 0.729. The standard InChI is InChI=1S/C18H21Cl2N5O2S/c1-12-21-15(11-16(22-12)24-6-8-27-9-7-24)23-2-4-25(5-3-23)18(26)13-10-14(19)28-17(13)20/h10-11H,2-9H2,1H3. The molecular formula is C18H21Cl2N5O2S. The lowest BCUT2D eigenvalue weighted by molar-refractivity contribution is 0.0747. The molecule has 1 amide bonds. The molecule has 0 aliphatic carbocycles. The highest BCUT2D eigenvalue weighted by atomic mass is 35.5. The highest BCUT2D eigenvalue weighted by Gasteiger charge is 2.26. The average Bonchev–Trinajstić information content (AvgIpc) is 3.06. The molecule has 0 unspecified atom stereocenters. The maximum atomic E-state index is 12.7. The van der Waals surface area contributed by atoms with Crippen LogP contribution in [0.3, 0.4) is 0 Å². The van der Waals surface area contributed by atoms with Crippen LogP contribution >= 0.6 is 34.5 Å². The highest BCUT2D eigenvalue weighted by Crippen LogP contribution is 2.32. The summed E-state index contributed by atoms with van der Waals surface area (Å²) in [6.45, 7) is 7.65. The smallest absolute Gasteiger partial charge is 0.256 e. The predicted octanol–water partition coefficient (Wildman–Crippen LogP) is 2.95. The number of amides is 1. The van der Waals surface area contributed by atoms with Crippen LogP contribution in [-0.2, 0) is 4.74 Å². The van der Waals surface area contributed by atoms with Crippen molar-refractivity contribution in [3.05, 3.63) is 32.2 Å². The summed E-state index contributed by atoms with van der Waals surface area (Å²) in [6.07, 6.45) is 0. The molecule has 2 aliphatic rings. The minimum absolute atomic E-state index is 0.0688. The highest BCUT2D eigenvalue weighted by molar-refractivity contribution is 7.20. The summed E-state index contributed by atoms with van der Waals surface area (Å²) < 4.78 is 6.40. The average molecular weight is 442 g/mol. The van der Waals surface area contributed by atoms with Crippen LogP contribution in [0.4, 0.5) is 11.6 Å². The van der Waals surface area contributed by atoms with Crippen molar-refractivity contribution in [2.75, 3.05) is 62.3 Å². The van der Waals surface area contributed by atoms with E-state index in [0.717, 1.165) is 30.5 Å². The summed E-state index contributed by atoms with van der Waals surface area (Å²) in [5, 5.41) is 0. The van der Waals surface area contributed by atoms with Gasteiger partial charge in [-0.15, -0.1) is 11.3 Å². The summed E-state index contributed by atoms with van der Waals surface area (Å²) in [7, 11) is 0. The zero-order valence-corrected chi connectivity index (χ0v) is 17.9. The van der Waals surface area contributed by atoms with Crippen molar-refractivity contribution in [1.82, 2.24) is 14.9 Å². The topological polar surface area (TPSA) is 61.8 Å². The summed E-state index contributed by atoms with van der Waals surface area (Å²) in [4.78, 5) is 28.2. The van der Waals surface area contributed by atoms with Crippen LogP contribution in [-0.4, -0.2) is 73.3 Å². The first-order valence-electron chi connectivity index (χ1n) is 9.19. The molecule has 0 bridgehead atoms. The monoisotopic (exact) mass is 441 g/mol. The Bertz CT molecular complexity index is 864. The van der Waals surface area contributed by atoms with Crippen LogP contribution in [0.5, 0.6) is 0 Å². The second kappa shape index (κ2) is 8.41. The number of nitrogens with zero attached hydrogens (tertiary/aromatic N) is 5. The number of carbonyl (C=O) groups excluding carboxylic acids is 1. The third-order valence-electron chi connectivity index (χ3n) is 4.92. The van der Waals surface area contributed by atoms with Gasteiger partial charge in [0.15, 0.2) is 0 Å². The number of hydrogen-bond acceptors (Lipinski definition) is 7. The Morgan fingerprint density at radius 2 is 1.61 bits per heavy atom. The van der Waals surface area contributed by atoms with Crippen molar-refractivity contribution >= 4 is 52.1 Å². The van der Waals surface area contributed by atoms with Crippen LogP contribution in [0.15, 0.2) is 12.1 Å². The number of aryl methyl sites for hydroxylation is 1. The number of rotatable bonds is 3. The summed E-state index contributed by atoms with van der Waals surface area (Å²) >= 11 is 13.3. The number of carbonyl (C=O) groups is 1. The van der Waals surface area contributed by atoms with Gasteiger partial charge < -0.3 is 19.4 Å². The number of piperazine rings is 1. The summed E-state index contributed by atoms with van der Waals surface area (Å²) in [5.74, 6) is 2.51. The normalized spacial score (nSPS) is 17.9. The molecule has 2 aliphatic heterocycles. The lowest BCUT2D eigenvalue weighted by Crippen LogP contribution is -2.49. The number of hydrogen-bond donors (Lipinski definition) is 0. The van der Waals surface area contributed by atoms with E-state index < -0.39 is 0 Å². The van der Waals surface area contributed by atoms with E-state index in [4.69, 9.17) is 27.9 Å². The van der Waals surface area contributed by atoms with E-state index in [-0.39, 0.29) is 5.91 Å². The van der Waals surface area contributed by atoms with Crippen LogP contribution in [0.25, 0.3) is 0 Å². The Hall–Kier alpha value is -1.61. The second-order valence-corrected chi connectivity index (χ2v) is 9.03. The second-order valence-electron chi connectivity index (χ2n) is 6.75. The molecule has 7 nitrogen and oxygen atoms in total. The number of aromatic nitrogens is 2. The third-order valence-corrected chi connectivity index (χ3v) is 6.41. The van der Waals surface area contributed by atoms with Crippen LogP contribution in [0.2, 0.25) is 8.67 Å². The first kappa shape index (κ1) is 19.7. The molecule has 28 heavy (non-hydrogen) atoms. The fourth-order valence-corrected chi connectivity index (χ4v) is 4.90. The molecule has 0 atom stereocenters. The Balaban J connectivity index is 1.44. The maximum Gasteiger partial charge on any atom is 0.256 e. The number of ether oxygens (including phenoxy) is 1. The van der Waals surface area contributed by atoms with E-state index in [1.54, 1.807) is 6.07 Å². The Labute approximate surface area is 177 Å². The zero-order valence-electron chi connectivity index (χ0n) is 15.5. The van der Waals surface area contributed by atoms with Gasteiger partial charge in [-0.3, -0.25) is 4.79 Å². The fourth-order valence-electron chi connectivity index (χ4n) is 3.45. The zero-order chi connectivity index (χ0) is 19.7. The van der Waals surface area contributed by atoms with Crippen molar-refractivity contribution in [1.29, 1.82) is 0 Å². The van der Waals surface area contributed by atoms with Crippen molar-refractivity contribution in [2.24, 2.45) is 0 Å². The molecule has 10 heteroatoms. The van der Waals surface area contributed by atoms with Gasteiger partial charge >= 0.3 is 0 Å². The van der Waals surface area contributed by atoms with Gasteiger partial charge in [-0.05, 0) is 13.0 Å². The minimum Gasteiger partial charge on any atom is -0.378 e. The Kier molecular flexibility index (Phi) is 5.91. The van der Waals surface area contributed by atoms with Gasteiger partial charge in [0.1, 0.15) is 21.8 Å². The van der Waals surface area contributed by atoms with E-state index >= 15 is 0 Å². The lowest BCUT2D eigenvalue weighted by atomic mass is 10.2. The predicted molar refractivity (Wildman–Crippen MR) is 112 cm³/mol. The van der Waals surface area contributed by atoms with E-state index in [1.165, 1.54) is 11.3 Å². The SMILES string of the molecule is Cc1nc(N2CCOCC2)cc(N2CCN(C(=O)c3cc(Cl)sc3Cl)CC2)n1. The molecule has 0 aromatic carbocycles. The minimum atomic E-state index is -0.0688. The van der Waals surface area contributed by atoms with Crippen LogP contribution in [0, 0.1) is 6.92 Å². The first-order valence-corrected chi connectivity index (χ1v) is 10.8. The van der Waals surface area contributed by atoms with Crippen molar-refractivity contribution in [3.63, 3.8) is 0 Å². The summed E-state index contributed by atoms with van der Waals surface area (Å²) in [6, 6.07) is 3.68. The van der Waals surface area contributed by atoms with Gasteiger partial charge in [0.25, 0.3) is 5.91 Å². The molecular weight excluding hydrogens is 421 g/mol. The van der Waals surface area contributed by atoms with Crippen LogP contribution < -0.4 is 9.80 Å². The molecule has 0 radical (unpaired) electrons. The molecule has 0 N–H and O–H groups in total. The van der Waals surface area contributed by atoms with E-state index in [9.17, 15) is 4.79 Å². The maximum absolute atomic E-state index is 12.7. The van der Waals surface area contributed by atoms with Gasteiger partial charge in [-0.1, -0.05) is 23.2 Å². The molecule has 4 rings (SSSR count). The molecule has 2 saturated heterocycles. The Morgan fingerprint density at radius 3 is 2.18 bits per heavy atom. The number of halogens is 2. The molecule has 2 fully saturated rings. The molecule has 2 aromatic heterocycles. The van der Waals surface area contributed by atoms with Crippen molar-refractivity contribution in [3.8, 4) is 0 Å². The lowest BCUT2D eigenvalue weighted by Gasteiger charge is -2.36. The van der Waals surface area contributed by atoms with Crippen molar-refractivity contribution < 1.29 is 9.53 Å². The van der Waals surface area contributed by atoms with E-state index in [0.29, 0.717) is 53.6 Å². The molecule has 4 heterocycles. The third kappa shape index (κ3) is 4.20. The largest absolute Gasteiger partial charge is 0.378 e. The van der Waals surface area contributed by atoms with Crippen LogP contribution in [0.1, 0.15) is 16.2 Å². The van der Waals surface area contributed by atoms with E-state index in [1.807, 2.05) is 17.9 Å². The van der Waals surface area contributed by atoms with Gasteiger partial charge in [-0.25, -0.2) is 9.97 Å². The molecule has 2 aromatic rings. The van der Waals surface area contributed by atoms with Gasteiger partial charge in [-0.2, -0.15) is 0 Å². The Morgan fingerprint density at radius 1 is 1.00 bits per heavy atom. The number of thiophene rings is 1. The van der Waals surface area contributed by atoms with Gasteiger partial charge in [0, 0.05) is 45.3 Å². The van der Waals surface area contributed by atoms with Gasteiger partial charge in [0.05, 0.1) is 23.1 Å². The summed E-state index contributed by atoms with van der Waals surface area (Å²) in [5.41, 5.74) is 0.484. The first-order chi connectivity index (χ1) is 13.5. The van der Waals surface area contributed by atoms with E-state index in [2.05, 4.69) is 19.8 Å². The molecule has 0 saturated carbocycles. The number of morpholine rings is 1. The fraction of sp³-hybridized carbons (Fsp3) is 0.500. The van der Waals surface area contributed by atoms with Gasteiger partial charge in [0.2, 0.25) is 0 Å². The molecule has 150 valence electrons. The van der Waals surface area contributed by atoms with Crippen molar-refractivity contribution in [2.45, 2.75) is 6.92 Å². The molecule has 0 spiro atoms.